The number of halogens is 1. The summed E-state index contributed by atoms with van der Waals surface area (Å²) in [6.07, 6.45) is 0. The molecule has 0 atom stereocenters. The van der Waals surface area contributed by atoms with Crippen LogP contribution in [-0.4, -0.2) is 15.2 Å². The van der Waals surface area contributed by atoms with Crippen LogP contribution >= 0.6 is 11.3 Å². The Morgan fingerprint density at radius 3 is 2.92 bits per heavy atom. The Morgan fingerprint density at radius 1 is 1.46 bits per heavy atom. The number of benzene rings is 1. The largest absolute Gasteiger partial charge is 0.506 e. The van der Waals surface area contributed by atoms with Gasteiger partial charge in [0.15, 0.2) is 0 Å². The Bertz CT molecular complexity index is 455. The molecule has 1 aromatic heterocycles. The van der Waals surface area contributed by atoms with E-state index >= 15 is 0 Å². The lowest BCUT2D eigenvalue weighted by Crippen LogP contribution is -1.78. The van der Waals surface area contributed by atoms with Crippen LogP contribution in [0.2, 0.25) is 0 Å². The van der Waals surface area contributed by atoms with Gasteiger partial charge in [0.05, 0.1) is 16.8 Å². The SMILES string of the molecule is OCc1nc2cc(F)cc(O)c2s1. The van der Waals surface area contributed by atoms with Gasteiger partial charge in [-0.2, -0.15) is 0 Å². The van der Waals surface area contributed by atoms with Gasteiger partial charge < -0.3 is 10.2 Å². The number of nitrogens with zero attached hydrogens (tertiary/aromatic N) is 1. The van der Waals surface area contributed by atoms with E-state index < -0.39 is 5.82 Å². The Labute approximate surface area is 77.1 Å². The number of aliphatic hydroxyl groups is 1. The molecule has 5 heteroatoms. The van der Waals surface area contributed by atoms with E-state index in [9.17, 15) is 9.50 Å². The van der Waals surface area contributed by atoms with E-state index in [0.29, 0.717) is 15.2 Å². The zero-order valence-electron chi connectivity index (χ0n) is 6.49. The van der Waals surface area contributed by atoms with Gasteiger partial charge in [0.2, 0.25) is 0 Å². The standard InChI is InChI=1S/C8H6FNO2S/c9-4-1-5-8(6(12)2-4)13-7(3-11)10-5/h1-2,11-12H,3H2. The third-order valence-corrected chi connectivity index (χ3v) is 2.69. The summed E-state index contributed by atoms with van der Waals surface area (Å²) < 4.78 is 13.3. The summed E-state index contributed by atoms with van der Waals surface area (Å²) in [5.41, 5.74) is 0.381. The third-order valence-electron chi connectivity index (χ3n) is 1.61. The first-order chi connectivity index (χ1) is 6.20. The molecule has 2 aromatic rings. The zero-order valence-corrected chi connectivity index (χ0v) is 7.31. The number of hydrogen-bond acceptors (Lipinski definition) is 4. The van der Waals surface area contributed by atoms with Crippen molar-refractivity contribution in [3.63, 3.8) is 0 Å². The smallest absolute Gasteiger partial charge is 0.137 e. The van der Waals surface area contributed by atoms with Gasteiger partial charge in [-0.3, -0.25) is 0 Å². The fourth-order valence-electron chi connectivity index (χ4n) is 1.10. The lowest BCUT2D eigenvalue weighted by molar-refractivity contribution is 0.281. The van der Waals surface area contributed by atoms with Crippen LogP contribution in [0.15, 0.2) is 12.1 Å². The molecule has 0 aliphatic rings. The molecule has 0 saturated carbocycles. The van der Waals surface area contributed by atoms with Crippen molar-refractivity contribution in [1.82, 2.24) is 4.98 Å². The quantitative estimate of drug-likeness (QED) is 0.734. The molecule has 1 heterocycles. The van der Waals surface area contributed by atoms with E-state index in [-0.39, 0.29) is 12.4 Å². The molecule has 13 heavy (non-hydrogen) atoms. The summed E-state index contributed by atoms with van der Waals surface area (Å²) >= 11 is 1.15. The predicted octanol–water partition coefficient (Wildman–Crippen LogP) is 1.63. The maximum atomic E-state index is 12.8. The molecule has 3 nitrogen and oxygen atoms in total. The second-order valence-corrected chi connectivity index (χ2v) is 3.62. The number of aromatic nitrogens is 1. The first kappa shape index (κ1) is 8.40. The lowest BCUT2D eigenvalue weighted by Gasteiger charge is -1.92. The van der Waals surface area contributed by atoms with E-state index in [1.54, 1.807) is 0 Å². The molecule has 0 saturated heterocycles. The predicted molar refractivity (Wildman–Crippen MR) is 47.2 cm³/mol. The van der Waals surface area contributed by atoms with Crippen LogP contribution in [0.3, 0.4) is 0 Å². The Morgan fingerprint density at radius 2 is 2.23 bits per heavy atom. The van der Waals surface area contributed by atoms with E-state index in [0.717, 1.165) is 17.4 Å². The van der Waals surface area contributed by atoms with Gasteiger partial charge in [0, 0.05) is 12.1 Å². The second kappa shape index (κ2) is 2.93. The maximum absolute atomic E-state index is 12.8. The highest BCUT2D eigenvalue weighted by atomic mass is 32.1. The molecule has 68 valence electrons. The summed E-state index contributed by atoms with van der Waals surface area (Å²) in [5, 5.41) is 18.5. The van der Waals surface area contributed by atoms with Crippen molar-refractivity contribution >= 4 is 21.6 Å². The second-order valence-electron chi connectivity index (χ2n) is 2.54. The maximum Gasteiger partial charge on any atom is 0.137 e. The van der Waals surface area contributed by atoms with Crippen molar-refractivity contribution in [2.75, 3.05) is 0 Å². The number of thiazole rings is 1. The van der Waals surface area contributed by atoms with Crippen molar-refractivity contribution in [2.45, 2.75) is 6.61 Å². The Hall–Kier alpha value is -1.20. The van der Waals surface area contributed by atoms with Gasteiger partial charge in [-0.1, -0.05) is 0 Å². The number of hydrogen-bond donors (Lipinski definition) is 2. The summed E-state index contributed by atoms with van der Waals surface area (Å²) in [4.78, 5) is 3.92. The third kappa shape index (κ3) is 1.36. The van der Waals surface area contributed by atoms with Gasteiger partial charge in [-0.25, -0.2) is 9.37 Å². The molecule has 0 radical (unpaired) electrons. The zero-order chi connectivity index (χ0) is 9.42. The highest BCUT2D eigenvalue weighted by Crippen LogP contribution is 2.31. The summed E-state index contributed by atoms with van der Waals surface area (Å²) in [5.74, 6) is -0.660. The van der Waals surface area contributed by atoms with Crippen LogP contribution in [0.4, 0.5) is 4.39 Å². The Balaban J connectivity index is 2.75. The van der Waals surface area contributed by atoms with Crippen molar-refractivity contribution in [3.05, 3.63) is 23.0 Å². The van der Waals surface area contributed by atoms with Crippen LogP contribution in [-0.2, 0) is 6.61 Å². The van der Waals surface area contributed by atoms with Crippen molar-refractivity contribution in [2.24, 2.45) is 0 Å². The van der Waals surface area contributed by atoms with Crippen LogP contribution in [0, 0.1) is 5.82 Å². The van der Waals surface area contributed by atoms with Crippen LogP contribution in [0.25, 0.3) is 10.2 Å². The molecule has 0 aliphatic heterocycles. The summed E-state index contributed by atoms with van der Waals surface area (Å²) in [6.45, 7) is -0.194. The fraction of sp³-hybridized carbons (Fsp3) is 0.125. The minimum absolute atomic E-state index is 0.132. The van der Waals surface area contributed by atoms with E-state index in [1.165, 1.54) is 6.07 Å². The molecule has 0 aliphatic carbocycles. The van der Waals surface area contributed by atoms with Crippen LogP contribution < -0.4 is 0 Å². The van der Waals surface area contributed by atoms with Crippen LogP contribution in [0.1, 0.15) is 5.01 Å². The first-order valence-electron chi connectivity index (χ1n) is 3.59. The number of phenolic OH excluding ortho intramolecular Hbond substituents is 1. The monoisotopic (exact) mass is 199 g/mol. The number of aromatic hydroxyl groups is 1. The topological polar surface area (TPSA) is 53.4 Å². The van der Waals surface area contributed by atoms with Gasteiger partial charge in [0.25, 0.3) is 0 Å². The molecular formula is C8H6FNO2S. The molecule has 0 spiro atoms. The first-order valence-corrected chi connectivity index (χ1v) is 4.41. The number of aliphatic hydroxyl groups excluding tert-OH is 1. The average Bonchev–Trinajstić information content (AvgIpc) is 2.47. The molecule has 0 fully saturated rings. The molecule has 0 bridgehead atoms. The molecular weight excluding hydrogens is 193 g/mol. The molecule has 1 aromatic carbocycles. The summed E-state index contributed by atoms with van der Waals surface area (Å²) in [7, 11) is 0. The average molecular weight is 199 g/mol. The normalized spacial score (nSPS) is 10.9. The van der Waals surface area contributed by atoms with Gasteiger partial charge >= 0.3 is 0 Å². The van der Waals surface area contributed by atoms with E-state index in [4.69, 9.17) is 5.11 Å². The van der Waals surface area contributed by atoms with Crippen molar-refractivity contribution in [3.8, 4) is 5.75 Å². The molecule has 0 unspecified atom stereocenters. The van der Waals surface area contributed by atoms with Gasteiger partial charge in [-0.15, -0.1) is 11.3 Å². The Kier molecular flexibility index (Phi) is 1.90. The van der Waals surface area contributed by atoms with E-state index in [1.807, 2.05) is 0 Å². The summed E-state index contributed by atoms with van der Waals surface area (Å²) in [6, 6.07) is 2.26. The van der Waals surface area contributed by atoms with Crippen molar-refractivity contribution in [1.29, 1.82) is 0 Å². The molecule has 2 N–H and O–H groups in total. The highest BCUT2D eigenvalue weighted by Gasteiger charge is 2.08. The highest BCUT2D eigenvalue weighted by molar-refractivity contribution is 7.18. The minimum atomic E-state index is -0.528. The lowest BCUT2D eigenvalue weighted by atomic mass is 10.3. The number of rotatable bonds is 1. The molecule has 0 amide bonds. The van der Waals surface area contributed by atoms with Gasteiger partial charge in [-0.05, 0) is 0 Å². The van der Waals surface area contributed by atoms with Gasteiger partial charge in [0.1, 0.15) is 16.6 Å². The van der Waals surface area contributed by atoms with E-state index in [2.05, 4.69) is 4.98 Å². The minimum Gasteiger partial charge on any atom is -0.506 e. The van der Waals surface area contributed by atoms with Crippen molar-refractivity contribution < 1.29 is 14.6 Å². The molecule has 2 rings (SSSR count). The number of fused-ring (bicyclic) bond motifs is 1. The van der Waals surface area contributed by atoms with Crippen LogP contribution in [0.5, 0.6) is 5.75 Å². The number of phenols is 1. The fourth-order valence-corrected chi connectivity index (χ4v) is 1.91.